The summed E-state index contributed by atoms with van der Waals surface area (Å²) in [7, 11) is 0. The molecule has 0 amide bonds. The number of rotatable bonds is 4. The highest BCUT2D eigenvalue weighted by molar-refractivity contribution is 7.11. The van der Waals surface area contributed by atoms with Crippen molar-refractivity contribution in [2.24, 2.45) is 0 Å². The van der Waals surface area contributed by atoms with Crippen LogP contribution in [0.3, 0.4) is 0 Å². The van der Waals surface area contributed by atoms with Crippen LogP contribution in [-0.4, -0.2) is 25.6 Å². The van der Waals surface area contributed by atoms with E-state index in [1.165, 1.54) is 9.75 Å². The summed E-state index contributed by atoms with van der Waals surface area (Å²) in [4.78, 5) is 7.11. The molecule has 0 aliphatic rings. The summed E-state index contributed by atoms with van der Waals surface area (Å²) in [5.74, 6) is 1.65. The molecule has 104 valence electrons. The number of aryl methyl sites for hydroxylation is 2. The van der Waals surface area contributed by atoms with Crippen LogP contribution in [0.5, 0.6) is 0 Å². The predicted octanol–water partition coefficient (Wildman–Crippen LogP) is 2.85. The lowest BCUT2D eigenvalue weighted by Gasteiger charge is -2.13. The Kier molecular flexibility index (Phi) is 3.40. The van der Waals surface area contributed by atoms with Gasteiger partial charge in [0.1, 0.15) is 5.82 Å². The molecule has 3 aromatic rings. The molecule has 20 heavy (non-hydrogen) atoms. The van der Waals surface area contributed by atoms with Gasteiger partial charge >= 0.3 is 0 Å². The minimum Gasteiger partial charge on any atom is -0.364 e. The van der Waals surface area contributed by atoms with E-state index < -0.39 is 0 Å². The molecule has 5 nitrogen and oxygen atoms in total. The van der Waals surface area contributed by atoms with E-state index in [0.717, 1.165) is 23.7 Å². The van der Waals surface area contributed by atoms with Gasteiger partial charge in [-0.05, 0) is 32.9 Å². The van der Waals surface area contributed by atoms with Gasteiger partial charge in [0.2, 0.25) is 5.65 Å². The molecule has 0 aliphatic carbocycles. The van der Waals surface area contributed by atoms with E-state index in [1.54, 1.807) is 6.20 Å². The van der Waals surface area contributed by atoms with Gasteiger partial charge in [0.05, 0.1) is 0 Å². The van der Waals surface area contributed by atoms with Crippen LogP contribution >= 0.6 is 11.3 Å². The van der Waals surface area contributed by atoms with Gasteiger partial charge in [0.15, 0.2) is 5.82 Å². The summed E-state index contributed by atoms with van der Waals surface area (Å²) in [6, 6.07) is 4.64. The van der Waals surface area contributed by atoms with Gasteiger partial charge in [-0.2, -0.15) is 0 Å². The first kappa shape index (κ1) is 13.1. The van der Waals surface area contributed by atoms with Crippen molar-refractivity contribution in [3.8, 4) is 0 Å². The lowest BCUT2D eigenvalue weighted by Crippen LogP contribution is -2.19. The second-order valence-corrected chi connectivity index (χ2v) is 6.35. The van der Waals surface area contributed by atoms with Gasteiger partial charge in [0, 0.05) is 34.6 Å². The Morgan fingerprint density at radius 2 is 2.15 bits per heavy atom. The zero-order valence-electron chi connectivity index (χ0n) is 11.8. The second kappa shape index (κ2) is 5.20. The van der Waals surface area contributed by atoms with Crippen LogP contribution in [0.4, 0.5) is 5.82 Å². The van der Waals surface area contributed by atoms with Crippen molar-refractivity contribution < 1.29 is 0 Å². The van der Waals surface area contributed by atoms with Crippen LogP contribution in [-0.2, 0) is 6.42 Å². The Morgan fingerprint density at radius 1 is 1.30 bits per heavy atom. The number of nitrogens with one attached hydrogen (secondary N) is 1. The minimum atomic E-state index is 0.295. The largest absolute Gasteiger partial charge is 0.364 e. The quantitative estimate of drug-likeness (QED) is 0.801. The number of nitrogens with zero attached hydrogens (tertiary/aromatic N) is 4. The molecule has 3 rings (SSSR count). The number of hydrogen-bond acceptors (Lipinski definition) is 5. The standard InChI is InChI=1S/C14H17N5S/c1-9(8-12-5-4-10(2)20-12)16-13-14-18-17-11(3)19(14)7-6-15-13/h4-7,9H,8H2,1-3H3,(H,15,16). The van der Waals surface area contributed by atoms with Crippen molar-refractivity contribution in [3.63, 3.8) is 0 Å². The average molecular weight is 287 g/mol. The maximum atomic E-state index is 4.38. The Morgan fingerprint density at radius 3 is 2.90 bits per heavy atom. The molecule has 0 spiro atoms. The fourth-order valence-corrected chi connectivity index (χ4v) is 3.24. The molecular formula is C14H17N5S. The topological polar surface area (TPSA) is 55.1 Å². The first-order chi connectivity index (χ1) is 9.63. The van der Waals surface area contributed by atoms with Gasteiger partial charge in [-0.1, -0.05) is 0 Å². The molecule has 0 saturated heterocycles. The Labute approximate surface area is 121 Å². The number of aromatic nitrogens is 4. The summed E-state index contributed by atoms with van der Waals surface area (Å²) in [6.45, 7) is 6.22. The molecule has 0 radical (unpaired) electrons. The van der Waals surface area contributed by atoms with Gasteiger partial charge in [-0.15, -0.1) is 21.5 Å². The number of hydrogen-bond donors (Lipinski definition) is 1. The molecule has 3 aromatic heterocycles. The van der Waals surface area contributed by atoms with E-state index in [9.17, 15) is 0 Å². The fraction of sp³-hybridized carbons (Fsp3) is 0.357. The van der Waals surface area contributed by atoms with Crippen molar-refractivity contribution in [1.29, 1.82) is 0 Å². The first-order valence-electron chi connectivity index (χ1n) is 6.61. The molecular weight excluding hydrogens is 270 g/mol. The van der Waals surface area contributed by atoms with Crippen molar-refractivity contribution in [2.45, 2.75) is 33.2 Å². The molecule has 0 aliphatic heterocycles. The lowest BCUT2D eigenvalue weighted by molar-refractivity contribution is 0.793. The number of anilines is 1. The molecule has 0 aromatic carbocycles. The highest BCUT2D eigenvalue weighted by Gasteiger charge is 2.11. The smallest absolute Gasteiger partial charge is 0.203 e. The zero-order chi connectivity index (χ0) is 14.1. The van der Waals surface area contributed by atoms with Crippen LogP contribution in [0.15, 0.2) is 24.5 Å². The summed E-state index contributed by atoms with van der Waals surface area (Å²) >= 11 is 1.84. The maximum Gasteiger partial charge on any atom is 0.203 e. The van der Waals surface area contributed by atoms with Crippen LogP contribution in [0.1, 0.15) is 22.5 Å². The highest BCUT2D eigenvalue weighted by Crippen LogP contribution is 2.19. The summed E-state index contributed by atoms with van der Waals surface area (Å²) in [5.41, 5.74) is 0.777. The third kappa shape index (κ3) is 2.51. The van der Waals surface area contributed by atoms with E-state index in [0.29, 0.717) is 6.04 Å². The predicted molar refractivity (Wildman–Crippen MR) is 81.4 cm³/mol. The molecule has 3 heterocycles. The van der Waals surface area contributed by atoms with E-state index in [1.807, 2.05) is 28.9 Å². The third-order valence-electron chi connectivity index (χ3n) is 3.18. The van der Waals surface area contributed by atoms with E-state index in [-0.39, 0.29) is 0 Å². The number of thiophene rings is 1. The summed E-state index contributed by atoms with van der Waals surface area (Å²) in [6.07, 6.45) is 4.63. The first-order valence-corrected chi connectivity index (χ1v) is 7.43. The molecule has 1 unspecified atom stereocenters. The Hall–Kier alpha value is -1.95. The zero-order valence-corrected chi connectivity index (χ0v) is 12.6. The maximum absolute atomic E-state index is 4.38. The molecule has 1 N–H and O–H groups in total. The normalized spacial score (nSPS) is 12.8. The van der Waals surface area contributed by atoms with Crippen LogP contribution < -0.4 is 5.32 Å². The Bertz CT molecular complexity index is 730. The molecule has 0 fully saturated rings. The lowest BCUT2D eigenvalue weighted by atomic mass is 10.2. The van der Waals surface area contributed by atoms with Gasteiger partial charge < -0.3 is 5.32 Å². The van der Waals surface area contributed by atoms with Crippen molar-refractivity contribution in [1.82, 2.24) is 19.6 Å². The highest BCUT2D eigenvalue weighted by atomic mass is 32.1. The van der Waals surface area contributed by atoms with Crippen LogP contribution in [0.2, 0.25) is 0 Å². The number of fused-ring (bicyclic) bond motifs is 1. The fourth-order valence-electron chi connectivity index (χ4n) is 2.22. The van der Waals surface area contributed by atoms with Gasteiger partial charge in [-0.25, -0.2) is 4.98 Å². The average Bonchev–Trinajstić information content (AvgIpc) is 2.98. The van der Waals surface area contributed by atoms with Crippen molar-refractivity contribution >= 4 is 22.8 Å². The van der Waals surface area contributed by atoms with Crippen molar-refractivity contribution in [2.75, 3.05) is 5.32 Å². The van der Waals surface area contributed by atoms with Gasteiger partial charge in [-0.3, -0.25) is 4.40 Å². The van der Waals surface area contributed by atoms with Gasteiger partial charge in [0.25, 0.3) is 0 Å². The van der Waals surface area contributed by atoms with E-state index >= 15 is 0 Å². The molecule has 0 bridgehead atoms. The van der Waals surface area contributed by atoms with Crippen LogP contribution in [0, 0.1) is 13.8 Å². The summed E-state index contributed by atoms with van der Waals surface area (Å²) < 4.78 is 1.94. The van der Waals surface area contributed by atoms with Crippen molar-refractivity contribution in [3.05, 3.63) is 40.1 Å². The van der Waals surface area contributed by atoms with E-state index in [4.69, 9.17) is 0 Å². The summed E-state index contributed by atoms with van der Waals surface area (Å²) in [5, 5.41) is 11.7. The van der Waals surface area contributed by atoms with E-state index in [2.05, 4.69) is 46.5 Å². The Balaban J connectivity index is 1.78. The molecule has 1 atom stereocenters. The second-order valence-electron chi connectivity index (χ2n) is 4.98. The molecule has 6 heteroatoms. The SMILES string of the molecule is Cc1ccc(CC(C)Nc2nccn3c(C)nnc23)s1. The third-order valence-corrected chi connectivity index (χ3v) is 4.21. The monoisotopic (exact) mass is 287 g/mol. The van der Waals surface area contributed by atoms with Crippen LogP contribution in [0.25, 0.3) is 5.65 Å². The minimum absolute atomic E-state index is 0.295. The molecule has 0 saturated carbocycles.